The fourth-order valence-corrected chi connectivity index (χ4v) is 5.02. The van der Waals surface area contributed by atoms with E-state index in [1.165, 1.54) is 19.3 Å². The molecule has 2 atom stereocenters. The van der Waals surface area contributed by atoms with Gasteiger partial charge in [-0.3, -0.25) is 14.5 Å². The Balaban J connectivity index is 1.73. The van der Waals surface area contributed by atoms with Crippen LogP contribution in [0.15, 0.2) is 34.2 Å². The number of amides is 1. The van der Waals surface area contributed by atoms with Crippen LogP contribution in [0.3, 0.4) is 0 Å². The van der Waals surface area contributed by atoms with Crippen molar-refractivity contribution < 1.29 is 13.2 Å². The number of nitrogens with one attached hydrogen (secondary N) is 2. The summed E-state index contributed by atoms with van der Waals surface area (Å²) in [6.45, 7) is 8.81. The summed E-state index contributed by atoms with van der Waals surface area (Å²) in [4.78, 5) is 20.0. The number of fused-ring (bicyclic) bond motifs is 1. The molecule has 28 heavy (non-hydrogen) atoms. The number of likely N-dealkylation sites (tertiary alicyclic amines) is 1. The first-order chi connectivity index (χ1) is 13.3. The van der Waals surface area contributed by atoms with Crippen molar-refractivity contribution in [3.8, 4) is 0 Å². The summed E-state index contributed by atoms with van der Waals surface area (Å²) in [5.74, 6) is 0.00988. The Morgan fingerprint density at radius 3 is 2.54 bits per heavy atom. The van der Waals surface area contributed by atoms with Crippen LogP contribution in [0, 0.1) is 5.92 Å². The largest absolute Gasteiger partial charge is 0.350 e. The number of hydrogen-bond acceptors (Lipinski definition) is 5. The van der Waals surface area contributed by atoms with E-state index in [2.05, 4.69) is 19.9 Å². The van der Waals surface area contributed by atoms with E-state index in [1.54, 1.807) is 24.3 Å². The predicted octanol–water partition coefficient (Wildman–Crippen LogP) is 1.74. The summed E-state index contributed by atoms with van der Waals surface area (Å²) in [6.07, 6.45) is 3.70. The first-order valence-corrected chi connectivity index (χ1v) is 11.5. The molecule has 1 amide bonds. The van der Waals surface area contributed by atoms with Gasteiger partial charge in [-0.2, -0.15) is 0 Å². The minimum absolute atomic E-state index is 0.0135. The van der Waals surface area contributed by atoms with Gasteiger partial charge in [0.05, 0.1) is 4.90 Å². The normalized spacial score (nSPS) is 22.5. The van der Waals surface area contributed by atoms with Gasteiger partial charge in [0.1, 0.15) is 11.9 Å². The highest BCUT2D eigenvalue weighted by atomic mass is 32.2. The van der Waals surface area contributed by atoms with Gasteiger partial charge in [-0.1, -0.05) is 32.4 Å². The Bertz CT molecular complexity index is 845. The van der Waals surface area contributed by atoms with Crippen LogP contribution in [0.4, 0.5) is 0 Å². The molecule has 7 nitrogen and oxygen atoms in total. The highest BCUT2D eigenvalue weighted by Crippen LogP contribution is 2.23. The maximum atomic E-state index is 12.9. The van der Waals surface area contributed by atoms with Crippen molar-refractivity contribution in [3.05, 3.63) is 29.8 Å². The number of sulfonamides is 1. The zero-order chi connectivity index (χ0) is 20.3. The Labute approximate surface area is 167 Å². The van der Waals surface area contributed by atoms with E-state index in [0.29, 0.717) is 5.56 Å². The maximum Gasteiger partial charge on any atom is 0.263 e. The Morgan fingerprint density at radius 1 is 1.18 bits per heavy atom. The van der Waals surface area contributed by atoms with E-state index in [-0.39, 0.29) is 28.6 Å². The fraction of sp³-hybridized carbons (Fsp3) is 0.600. The van der Waals surface area contributed by atoms with Crippen LogP contribution in [0.5, 0.6) is 0 Å². The molecule has 0 radical (unpaired) electrons. The monoisotopic (exact) mass is 406 g/mol. The molecular weight excluding hydrogens is 376 g/mol. The quantitative estimate of drug-likeness (QED) is 0.753. The number of nitrogens with zero attached hydrogens (tertiary/aromatic N) is 2. The lowest BCUT2D eigenvalue weighted by atomic mass is 10.0. The molecule has 154 valence electrons. The molecular formula is C20H30N4O3S. The lowest BCUT2D eigenvalue weighted by Gasteiger charge is -2.30. The summed E-state index contributed by atoms with van der Waals surface area (Å²) < 4.78 is 27.1. The number of benzene rings is 1. The molecule has 2 aliphatic heterocycles. The number of amidine groups is 1. The van der Waals surface area contributed by atoms with Crippen LogP contribution in [-0.4, -0.2) is 56.8 Å². The second kappa shape index (κ2) is 8.61. The zero-order valence-corrected chi connectivity index (χ0v) is 17.6. The average molecular weight is 407 g/mol. The van der Waals surface area contributed by atoms with Crippen molar-refractivity contribution in [1.82, 2.24) is 14.9 Å². The van der Waals surface area contributed by atoms with Gasteiger partial charge in [0.2, 0.25) is 5.91 Å². The van der Waals surface area contributed by atoms with Crippen LogP contribution in [-0.2, 0) is 14.8 Å². The molecule has 1 aromatic rings. The molecule has 2 heterocycles. The summed E-state index contributed by atoms with van der Waals surface area (Å²) in [5, 5.41) is 3.06. The zero-order valence-electron chi connectivity index (χ0n) is 16.8. The predicted molar refractivity (Wildman–Crippen MR) is 110 cm³/mol. The Hall–Kier alpha value is -1.93. The molecule has 1 saturated heterocycles. The number of carbonyl (C=O) groups is 1. The highest BCUT2D eigenvalue weighted by molar-refractivity contribution is 7.90. The molecule has 1 aromatic carbocycles. The molecule has 2 N–H and O–H groups in total. The molecule has 0 bridgehead atoms. The molecule has 3 rings (SSSR count). The van der Waals surface area contributed by atoms with Gasteiger partial charge < -0.3 is 10.2 Å². The van der Waals surface area contributed by atoms with E-state index >= 15 is 0 Å². The van der Waals surface area contributed by atoms with E-state index in [4.69, 9.17) is 0 Å². The Morgan fingerprint density at radius 2 is 1.86 bits per heavy atom. The van der Waals surface area contributed by atoms with Gasteiger partial charge in [-0.25, -0.2) is 8.42 Å². The summed E-state index contributed by atoms with van der Waals surface area (Å²) >= 11 is 0. The number of hydrogen-bond donors (Lipinski definition) is 2. The van der Waals surface area contributed by atoms with Crippen LogP contribution in [0.2, 0.25) is 0 Å². The van der Waals surface area contributed by atoms with Crippen molar-refractivity contribution in [2.45, 2.75) is 57.0 Å². The van der Waals surface area contributed by atoms with Gasteiger partial charge in [0.15, 0.2) is 0 Å². The van der Waals surface area contributed by atoms with Gasteiger partial charge in [0.25, 0.3) is 10.0 Å². The smallest absolute Gasteiger partial charge is 0.263 e. The number of piperidine rings is 1. The molecule has 0 spiro atoms. The van der Waals surface area contributed by atoms with Gasteiger partial charge in [-0.05, 0) is 50.9 Å². The third-order valence-corrected chi connectivity index (χ3v) is 6.60. The van der Waals surface area contributed by atoms with Gasteiger partial charge in [-0.15, -0.1) is 0 Å². The Kier molecular flexibility index (Phi) is 6.40. The number of carbonyl (C=O) groups excluding carboxylic acids is 1. The van der Waals surface area contributed by atoms with Crippen molar-refractivity contribution in [3.63, 3.8) is 0 Å². The third kappa shape index (κ3) is 4.72. The minimum Gasteiger partial charge on any atom is -0.350 e. The lowest BCUT2D eigenvalue weighted by molar-refractivity contribution is -0.123. The number of aliphatic imine (C=N–C) groups is 1. The van der Waals surface area contributed by atoms with Gasteiger partial charge in [0, 0.05) is 18.2 Å². The standard InChI is InChI=1S/C20H30N4O3S/c1-14(2)18(20(25)21-15(3)13-24-11-7-4-8-12-24)22-19-16-9-5-6-10-17(16)28(26,27)23-19/h5-6,9-10,14-15,18H,4,7-8,11-13H2,1-3H3,(H,21,25)(H,22,23)/t15?,18-/m0/s1. The van der Waals surface area contributed by atoms with Crippen molar-refractivity contribution in [2.24, 2.45) is 10.9 Å². The SMILES string of the molecule is CC(CN1CCCCC1)NC(=O)[C@@H](N=C1NS(=O)(=O)c2ccccc21)C(C)C. The maximum absolute atomic E-state index is 12.9. The number of rotatable bonds is 6. The van der Waals surface area contributed by atoms with Gasteiger partial charge >= 0.3 is 0 Å². The van der Waals surface area contributed by atoms with Crippen LogP contribution < -0.4 is 10.0 Å². The molecule has 2 aliphatic rings. The van der Waals surface area contributed by atoms with Crippen LogP contribution >= 0.6 is 0 Å². The highest BCUT2D eigenvalue weighted by Gasteiger charge is 2.33. The summed E-state index contributed by atoms with van der Waals surface area (Å²) in [7, 11) is -3.61. The first kappa shape index (κ1) is 20.8. The van der Waals surface area contributed by atoms with Crippen molar-refractivity contribution >= 4 is 21.8 Å². The molecule has 1 fully saturated rings. The topological polar surface area (TPSA) is 90.9 Å². The van der Waals surface area contributed by atoms with Crippen molar-refractivity contribution in [1.29, 1.82) is 0 Å². The van der Waals surface area contributed by atoms with Crippen LogP contribution in [0.25, 0.3) is 0 Å². The molecule has 8 heteroatoms. The second-order valence-corrected chi connectivity index (χ2v) is 9.69. The molecule has 0 aromatic heterocycles. The lowest BCUT2D eigenvalue weighted by Crippen LogP contribution is -2.47. The molecule has 1 unspecified atom stereocenters. The third-order valence-electron chi connectivity index (χ3n) is 5.20. The molecule has 0 saturated carbocycles. The summed E-state index contributed by atoms with van der Waals surface area (Å²) in [6, 6.07) is 6.05. The average Bonchev–Trinajstić information content (AvgIpc) is 2.91. The molecule has 0 aliphatic carbocycles. The minimum atomic E-state index is -3.61. The second-order valence-electron chi connectivity index (χ2n) is 8.04. The van der Waals surface area contributed by atoms with Crippen LogP contribution in [0.1, 0.15) is 45.6 Å². The first-order valence-electron chi connectivity index (χ1n) is 10.0. The van der Waals surface area contributed by atoms with E-state index in [0.717, 1.165) is 19.6 Å². The fourth-order valence-electron chi connectivity index (χ4n) is 3.78. The van der Waals surface area contributed by atoms with Crippen molar-refractivity contribution in [2.75, 3.05) is 19.6 Å². The van der Waals surface area contributed by atoms with E-state index in [9.17, 15) is 13.2 Å². The van der Waals surface area contributed by atoms with E-state index < -0.39 is 16.1 Å². The summed E-state index contributed by atoms with van der Waals surface area (Å²) in [5.41, 5.74) is 0.516. The van der Waals surface area contributed by atoms with E-state index in [1.807, 2.05) is 20.8 Å².